The summed E-state index contributed by atoms with van der Waals surface area (Å²) in [6.45, 7) is 20.6. The molecule has 0 unspecified atom stereocenters. The van der Waals surface area contributed by atoms with E-state index in [1.54, 1.807) is 0 Å². The minimum Gasteiger partial charge on any atom is -0.458 e. The van der Waals surface area contributed by atoms with Crippen LogP contribution in [0.2, 0.25) is 0 Å². The van der Waals surface area contributed by atoms with Crippen LogP contribution in [-0.4, -0.2) is 13.4 Å². The van der Waals surface area contributed by atoms with Crippen LogP contribution < -0.4 is 51.9 Å². The molecule has 48 heavy (non-hydrogen) atoms. The van der Waals surface area contributed by atoms with Gasteiger partial charge in [-0.05, 0) is 84.4 Å². The van der Waals surface area contributed by atoms with Gasteiger partial charge < -0.3 is 19.1 Å². The van der Waals surface area contributed by atoms with Gasteiger partial charge in [0.25, 0.3) is 13.4 Å². The summed E-state index contributed by atoms with van der Waals surface area (Å²) in [5, 5.41) is 0. The van der Waals surface area contributed by atoms with Gasteiger partial charge >= 0.3 is 0 Å². The summed E-state index contributed by atoms with van der Waals surface area (Å²) < 4.78 is 21.2. The van der Waals surface area contributed by atoms with Crippen LogP contribution in [0.4, 0.5) is 17.1 Å². The SMILES string of the molecule is CC(C)(C)c1ccc2c(c1)B1c3cccc4c3N3c5c(cccc5B5c6cc(C(C)(C)C)ccc6Oc6c5c3c1c(c6C(C)(C)C)O2)O4. The van der Waals surface area contributed by atoms with Crippen LogP contribution in [0.3, 0.4) is 0 Å². The van der Waals surface area contributed by atoms with E-state index in [1.165, 1.54) is 49.6 Å². The molecule has 5 aliphatic heterocycles. The maximum Gasteiger partial charge on any atom is 0.256 e. The van der Waals surface area contributed by atoms with Gasteiger partial charge in [-0.1, -0.05) is 111 Å². The number of anilines is 3. The topological polar surface area (TPSA) is 30.9 Å². The maximum atomic E-state index is 7.19. The van der Waals surface area contributed by atoms with Crippen LogP contribution in [0.15, 0.2) is 72.8 Å². The van der Waals surface area contributed by atoms with Gasteiger partial charge in [0, 0.05) is 11.3 Å². The van der Waals surface area contributed by atoms with Crippen molar-refractivity contribution in [1.82, 2.24) is 0 Å². The molecule has 0 N–H and O–H groups in total. The summed E-state index contributed by atoms with van der Waals surface area (Å²) in [6, 6.07) is 26.8. The Morgan fingerprint density at radius 3 is 1.33 bits per heavy atom. The lowest BCUT2D eigenvalue weighted by molar-refractivity contribution is 0.425. The third-order valence-electron chi connectivity index (χ3n) is 11.2. The fourth-order valence-electron chi connectivity index (χ4n) is 8.89. The molecule has 0 amide bonds. The highest BCUT2D eigenvalue weighted by Crippen LogP contribution is 2.56. The van der Waals surface area contributed by atoms with E-state index in [2.05, 4.69) is 140 Å². The number of nitrogens with zero attached hydrogens (tertiary/aromatic N) is 1. The number of hydrogen-bond donors (Lipinski definition) is 0. The van der Waals surface area contributed by atoms with Crippen molar-refractivity contribution in [2.24, 2.45) is 0 Å². The van der Waals surface area contributed by atoms with Crippen LogP contribution in [0.5, 0.6) is 34.5 Å². The lowest BCUT2D eigenvalue weighted by atomic mass is 9.29. The Labute approximate surface area is 284 Å². The average molecular weight is 627 g/mol. The zero-order chi connectivity index (χ0) is 33.2. The first-order chi connectivity index (χ1) is 22.7. The molecule has 4 nitrogen and oxygen atoms in total. The number of hydrogen-bond acceptors (Lipinski definition) is 4. The highest BCUT2D eigenvalue weighted by molar-refractivity contribution is 7.03. The Morgan fingerprint density at radius 1 is 0.458 bits per heavy atom. The summed E-state index contributed by atoms with van der Waals surface area (Å²) in [6.07, 6.45) is 0. The van der Waals surface area contributed by atoms with Gasteiger partial charge in [-0.15, -0.1) is 0 Å². The minimum atomic E-state index is -0.258. The molecular formula is C42H39B2NO3. The number of rotatable bonds is 0. The number of fused-ring (bicyclic) bond motifs is 6. The lowest BCUT2D eigenvalue weighted by Crippen LogP contribution is -2.68. The van der Waals surface area contributed by atoms with Gasteiger partial charge in [-0.3, -0.25) is 0 Å². The van der Waals surface area contributed by atoms with E-state index in [4.69, 9.17) is 14.2 Å². The largest absolute Gasteiger partial charge is 0.458 e. The van der Waals surface area contributed by atoms with Crippen molar-refractivity contribution in [3.05, 3.63) is 89.5 Å². The van der Waals surface area contributed by atoms with Crippen LogP contribution in [0.1, 0.15) is 79.0 Å². The standard InChI is InChI=1S/C42H39B2NO3/c1-40(2,3)22-16-18-28-26(20-22)43-24-12-10-14-30-35(24)45-36-25(13-11-15-31(36)46-30)44-27-21-23(41(4,5)6)17-19-29(27)48-39-32(42(7,8)9)38(47-28)33(43)37(45)34(39)44/h10-21H,1-9H3. The highest BCUT2D eigenvalue weighted by Gasteiger charge is 2.55. The molecule has 236 valence electrons. The second-order valence-corrected chi connectivity index (χ2v) is 17.4. The maximum absolute atomic E-state index is 7.19. The molecule has 0 radical (unpaired) electrons. The first kappa shape index (κ1) is 28.4. The summed E-state index contributed by atoms with van der Waals surface area (Å²) in [5.41, 5.74) is 14.4. The molecule has 5 aromatic rings. The zero-order valence-electron chi connectivity index (χ0n) is 29.3. The van der Waals surface area contributed by atoms with E-state index < -0.39 is 0 Å². The minimum absolute atomic E-state index is 0.00280. The number of benzene rings is 5. The molecular weight excluding hydrogens is 588 g/mol. The molecule has 0 bridgehead atoms. The smallest absolute Gasteiger partial charge is 0.256 e. The molecule has 5 heterocycles. The summed E-state index contributed by atoms with van der Waals surface area (Å²) in [5.74, 6) is 5.50. The molecule has 0 saturated heterocycles. The van der Waals surface area contributed by atoms with E-state index in [1.807, 2.05) is 0 Å². The Hall–Kier alpha value is -4.57. The van der Waals surface area contributed by atoms with Crippen LogP contribution in [-0.2, 0) is 16.2 Å². The second kappa shape index (κ2) is 8.71. The zero-order valence-corrected chi connectivity index (χ0v) is 29.3. The number of para-hydroxylation sites is 2. The highest BCUT2D eigenvalue weighted by atomic mass is 16.5. The molecule has 0 aromatic heterocycles. The van der Waals surface area contributed by atoms with Crippen LogP contribution in [0.25, 0.3) is 0 Å². The molecule has 0 fully saturated rings. The van der Waals surface area contributed by atoms with Gasteiger partial charge in [0.2, 0.25) is 0 Å². The van der Waals surface area contributed by atoms with Gasteiger partial charge in [0.1, 0.15) is 23.0 Å². The third kappa shape index (κ3) is 3.48. The van der Waals surface area contributed by atoms with E-state index in [0.29, 0.717) is 0 Å². The lowest BCUT2D eigenvalue weighted by Gasteiger charge is -2.50. The predicted octanol–water partition coefficient (Wildman–Crippen LogP) is 7.03. The average Bonchev–Trinajstić information content (AvgIpc) is 3.02. The van der Waals surface area contributed by atoms with Crippen molar-refractivity contribution in [1.29, 1.82) is 0 Å². The normalized spacial score (nSPS) is 15.6. The molecule has 6 heteroatoms. The predicted molar refractivity (Wildman–Crippen MR) is 200 cm³/mol. The molecule has 0 atom stereocenters. The fourth-order valence-corrected chi connectivity index (χ4v) is 8.89. The fraction of sp³-hybridized carbons (Fsp3) is 0.286. The van der Waals surface area contributed by atoms with E-state index in [9.17, 15) is 0 Å². The van der Waals surface area contributed by atoms with Crippen LogP contribution in [0, 0.1) is 0 Å². The molecule has 0 spiro atoms. The summed E-state index contributed by atoms with van der Waals surface area (Å²) in [4.78, 5) is 2.50. The monoisotopic (exact) mass is 627 g/mol. The Bertz CT molecular complexity index is 2150. The van der Waals surface area contributed by atoms with Crippen LogP contribution >= 0.6 is 0 Å². The van der Waals surface area contributed by atoms with Gasteiger partial charge in [0.05, 0.1) is 11.4 Å². The second-order valence-electron chi connectivity index (χ2n) is 17.4. The molecule has 5 aliphatic rings. The van der Waals surface area contributed by atoms with E-state index in [0.717, 1.165) is 51.4 Å². The van der Waals surface area contributed by atoms with Gasteiger partial charge in [-0.25, -0.2) is 0 Å². The van der Waals surface area contributed by atoms with Crippen molar-refractivity contribution in [2.45, 2.75) is 78.6 Å². The van der Waals surface area contributed by atoms with E-state index >= 15 is 0 Å². The summed E-state index contributed by atoms with van der Waals surface area (Å²) >= 11 is 0. The van der Waals surface area contributed by atoms with Crippen molar-refractivity contribution in [3.8, 4) is 34.5 Å². The Kier molecular flexibility index (Phi) is 5.16. The van der Waals surface area contributed by atoms with Gasteiger partial charge in [-0.2, -0.15) is 0 Å². The van der Waals surface area contributed by atoms with Crippen molar-refractivity contribution in [2.75, 3.05) is 4.90 Å². The van der Waals surface area contributed by atoms with Crippen molar-refractivity contribution in [3.63, 3.8) is 0 Å². The van der Waals surface area contributed by atoms with Crippen molar-refractivity contribution < 1.29 is 14.2 Å². The van der Waals surface area contributed by atoms with E-state index in [-0.39, 0.29) is 29.7 Å². The Balaban J connectivity index is 1.39. The quantitative estimate of drug-likeness (QED) is 0.169. The third-order valence-corrected chi connectivity index (χ3v) is 11.2. The first-order valence-electron chi connectivity index (χ1n) is 17.3. The van der Waals surface area contributed by atoms with Crippen molar-refractivity contribution >= 4 is 63.3 Å². The molecule has 5 aromatic carbocycles. The Morgan fingerprint density at radius 2 is 0.917 bits per heavy atom. The molecule has 0 saturated carbocycles. The molecule has 0 aliphatic carbocycles. The summed E-state index contributed by atoms with van der Waals surface area (Å²) in [7, 11) is 0. The number of ether oxygens (including phenoxy) is 3. The molecule has 10 rings (SSSR count). The first-order valence-corrected chi connectivity index (χ1v) is 17.3. The van der Waals surface area contributed by atoms with Gasteiger partial charge in [0.15, 0.2) is 11.5 Å².